The summed E-state index contributed by atoms with van der Waals surface area (Å²) in [6.07, 6.45) is 7.63. The Hall–Kier alpha value is -2.59. The summed E-state index contributed by atoms with van der Waals surface area (Å²) < 4.78 is 12.0. The van der Waals surface area contributed by atoms with Crippen LogP contribution in [0.2, 0.25) is 0 Å². The molecular weight excluding hydrogens is 350 g/mol. The lowest BCUT2D eigenvalue weighted by molar-refractivity contribution is -0.143. The average molecular weight is 375 g/mol. The van der Waals surface area contributed by atoms with Crippen molar-refractivity contribution in [1.82, 2.24) is 4.90 Å². The van der Waals surface area contributed by atoms with Gasteiger partial charge in [0, 0.05) is 38.1 Å². The van der Waals surface area contributed by atoms with E-state index in [0.29, 0.717) is 6.61 Å². The van der Waals surface area contributed by atoms with Crippen LogP contribution >= 0.6 is 0 Å². The highest BCUT2D eigenvalue weighted by Crippen LogP contribution is 2.39. The van der Waals surface area contributed by atoms with Gasteiger partial charge in [0.15, 0.2) is 0 Å². The normalized spacial score (nSPS) is 22.7. The fourth-order valence-corrected chi connectivity index (χ4v) is 4.43. The van der Waals surface area contributed by atoms with Crippen molar-refractivity contribution in [2.75, 3.05) is 19.7 Å². The molecule has 0 radical (unpaired) electrons. The number of hydrogen-bond acceptors (Lipinski definition) is 3. The molecule has 0 aliphatic carbocycles. The molecule has 0 aromatic heterocycles. The number of nitrogens with zero attached hydrogens (tertiary/aromatic N) is 1. The molecule has 144 valence electrons. The highest BCUT2D eigenvalue weighted by atomic mass is 16.5. The van der Waals surface area contributed by atoms with Crippen molar-refractivity contribution in [1.29, 1.82) is 0 Å². The number of ether oxygens (including phenoxy) is 2. The molecule has 3 heterocycles. The van der Waals surface area contributed by atoms with E-state index in [1.807, 2.05) is 11.0 Å². The maximum atomic E-state index is 12.6. The van der Waals surface area contributed by atoms with Crippen molar-refractivity contribution in [3.8, 4) is 16.9 Å². The number of amides is 1. The summed E-state index contributed by atoms with van der Waals surface area (Å²) in [4.78, 5) is 14.5. The molecule has 0 N–H and O–H groups in total. The first-order chi connectivity index (χ1) is 13.7. The molecule has 4 heteroatoms. The maximum absolute atomic E-state index is 12.6. The van der Waals surface area contributed by atoms with Crippen LogP contribution in [0, 0.1) is 0 Å². The van der Waals surface area contributed by atoms with E-state index in [9.17, 15) is 4.79 Å². The van der Waals surface area contributed by atoms with Crippen LogP contribution in [0.1, 0.15) is 31.2 Å². The molecule has 1 unspecified atom stereocenters. The molecule has 1 atom stereocenters. The maximum Gasteiger partial charge on any atom is 0.251 e. The van der Waals surface area contributed by atoms with Gasteiger partial charge in [-0.05, 0) is 42.2 Å². The van der Waals surface area contributed by atoms with Crippen molar-refractivity contribution in [3.05, 3.63) is 60.2 Å². The SMILES string of the molecule is O=C(C1CCCO1)N1CCC2(C=Cc3cc(-c4ccccc4)ccc3O2)CC1. The van der Waals surface area contributed by atoms with Gasteiger partial charge in [-0.25, -0.2) is 0 Å². The largest absolute Gasteiger partial charge is 0.482 e. The second kappa shape index (κ2) is 7.10. The van der Waals surface area contributed by atoms with Crippen LogP contribution in [0.15, 0.2) is 54.6 Å². The molecule has 3 aliphatic rings. The Morgan fingerprint density at radius 3 is 2.61 bits per heavy atom. The van der Waals surface area contributed by atoms with E-state index in [2.05, 4.69) is 54.6 Å². The number of piperidine rings is 1. The third-order valence-corrected chi connectivity index (χ3v) is 6.12. The van der Waals surface area contributed by atoms with Gasteiger partial charge in [0.25, 0.3) is 5.91 Å². The van der Waals surface area contributed by atoms with E-state index in [1.54, 1.807) is 0 Å². The Bertz CT molecular complexity index is 891. The second-order valence-electron chi connectivity index (χ2n) is 7.95. The highest BCUT2D eigenvalue weighted by molar-refractivity contribution is 5.81. The van der Waals surface area contributed by atoms with E-state index < -0.39 is 0 Å². The number of rotatable bonds is 2. The fraction of sp³-hybridized carbons (Fsp3) is 0.375. The van der Waals surface area contributed by atoms with Crippen LogP contribution in [0.3, 0.4) is 0 Å². The summed E-state index contributed by atoms with van der Waals surface area (Å²) >= 11 is 0. The predicted octanol–water partition coefficient (Wildman–Crippen LogP) is 4.30. The van der Waals surface area contributed by atoms with Crippen molar-refractivity contribution >= 4 is 12.0 Å². The summed E-state index contributed by atoms with van der Waals surface area (Å²) in [5.74, 6) is 1.08. The van der Waals surface area contributed by atoms with Gasteiger partial charge in [0.05, 0.1) is 0 Å². The number of carbonyl (C=O) groups excluding carboxylic acids is 1. The molecule has 0 bridgehead atoms. The number of likely N-dealkylation sites (tertiary alicyclic amines) is 1. The number of fused-ring (bicyclic) bond motifs is 1. The summed E-state index contributed by atoms with van der Waals surface area (Å²) in [5, 5.41) is 0. The van der Waals surface area contributed by atoms with Gasteiger partial charge in [0.1, 0.15) is 17.5 Å². The molecule has 1 spiro atoms. The van der Waals surface area contributed by atoms with Crippen LogP contribution in [0.4, 0.5) is 0 Å². The Kier molecular flexibility index (Phi) is 4.44. The highest BCUT2D eigenvalue weighted by Gasteiger charge is 2.39. The third-order valence-electron chi connectivity index (χ3n) is 6.12. The van der Waals surface area contributed by atoms with Gasteiger partial charge in [-0.3, -0.25) is 4.79 Å². The van der Waals surface area contributed by atoms with Gasteiger partial charge in [-0.2, -0.15) is 0 Å². The van der Waals surface area contributed by atoms with Crippen molar-refractivity contribution in [3.63, 3.8) is 0 Å². The molecule has 2 aromatic rings. The lowest BCUT2D eigenvalue weighted by Gasteiger charge is -2.42. The standard InChI is InChI=1S/C24H25NO3/c26-23(22-7-4-16-27-22)25-14-12-24(13-15-25)11-10-20-17-19(8-9-21(20)28-24)18-5-2-1-3-6-18/h1-3,5-6,8-11,17,22H,4,7,12-16H2. The molecular formula is C24H25NO3. The molecule has 28 heavy (non-hydrogen) atoms. The van der Waals surface area contributed by atoms with Gasteiger partial charge in [0.2, 0.25) is 0 Å². The minimum absolute atomic E-state index is 0.153. The number of benzene rings is 2. The topological polar surface area (TPSA) is 38.8 Å². The van der Waals surface area contributed by atoms with Crippen LogP contribution in [0.5, 0.6) is 5.75 Å². The zero-order valence-electron chi connectivity index (χ0n) is 16.0. The first-order valence-corrected chi connectivity index (χ1v) is 10.2. The van der Waals surface area contributed by atoms with Crippen molar-refractivity contribution in [2.45, 2.75) is 37.4 Å². The van der Waals surface area contributed by atoms with Gasteiger partial charge < -0.3 is 14.4 Å². The molecule has 2 fully saturated rings. The van der Waals surface area contributed by atoms with Crippen LogP contribution in [0.25, 0.3) is 17.2 Å². The third kappa shape index (κ3) is 3.22. The molecule has 5 rings (SSSR count). The fourth-order valence-electron chi connectivity index (χ4n) is 4.43. The predicted molar refractivity (Wildman–Crippen MR) is 109 cm³/mol. The number of carbonyl (C=O) groups is 1. The van der Waals surface area contributed by atoms with Crippen LogP contribution in [-0.4, -0.2) is 42.2 Å². The van der Waals surface area contributed by atoms with Crippen molar-refractivity contribution in [2.24, 2.45) is 0 Å². The van der Waals surface area contributed by atoms with E-state index in [-0.39, 0.29) is 17.6 Å². The average Bonchev–Trinajstić information content (AvgIpc) is 3.29. The molecule has 3 aliphatic heterocycles. The van der Waals surface area contributed by atoms with Gasteiger partial charge in [-0.1, -0.05) is 42.5 Å². The lowest BCUT2D eigenvalue weighted by Crippen LogP contribution is -2.51. The zero-order valence-corrected chi connectivity index (χ0v) is 16.0. The van der Waals surface area contributed by atoms with Crippen molar-refractivity contribution < 1.29 is 14.3 Å². The zero-order chi connectivity index (χ0) is 19.0. The van der Waals surface area contributed by atoms with Gasteiger partial charge >= 0.3 is 0 Å². The minimum Gasteiger partial charge on any atom is -0.482 e. The molecule has 0 saturated carbocycles. The van der Waals surface area contributed by atoms with E-state index >= 15 is 0 Å². The Balaban J connectivity index is 1.29. The van der Waals surface area contributed by atoms with Crippen LogP contribution in [-0.2, 0) is 9.53 Å². The number of hydrogen-bond donors (Lipinski definition) is 0. The van der Waals surface area contributed by atoms with E-state index in [1.165, 1.54) is 11.1 Å². The van der Waals surface area contributed by atoms with E-state index in [4.69, 9.17) is 9.47 Å². The molecule has 4 nitrogen and oxygen atoms in total. The minimum atomic E-state index is -0.297. The van der Waals surface area contributed by atoms with Crippen LogP contribution < -0.4 is 4.74 Å². The second-order valence-corrected chi connectivity index (χ2v) is 7.95. The Morgan fingerprint density at radius 2 is 1.86 bits per heavy atom. The Morgan fingerprint density at radius 1 is 1.04 bits per heavy atom. The quantitative estimate of drug-likeness (QED) is 0.786. The van der Waals surface area contributed by atoms with E-state index in [0.717, 1.165) is 50.1 Å². The first kappa shape index (κ1) is 17.5. The first-order valence-electron chi connectivity index (χ1n) is 10.2. The smallest absolute Gasteiger partial charge is 0.251 e. The summed E-state index contributed by atoms with van der Waals surface area (Å²) in [6.45, 7) is 2.16. The molecule has 2 saturated heterocycles. The Labute approximate surface area is 165 Å². The summed E-state index contributed by atoms with van der Waals surface area (Å²) in [6, 6.07) is 16.8. The van der Waals surface area contributed by atoms with Gasteiger partial charge in [-0.15, -0.1) is 0 Å². The lowest BCUT2D eigenvalue weighted by atomic mass is 9.87. The molecule has 2 aromatic carbocycles. The summed E-state index contributed by atoms with van der Waals surface area (Å²) in [5.41, 5.74) is 3.22. The molecule has 1 amide bonds. The monoisotopic (exact) mass is 375 g/mol. The summed E-state index contributed by atoms with van der Waals surface area (Å²) in [7, 11) is 0.